The molecule has 0 aromatic carbocycles. The normalized spacial score (nSPS) is 33.2. The van der Waals surface area contributed by atoms with Gasteiger partial charge in [0.25, 0.3) is 0 Å². The molecule has 0 fully saturated rings. The zero-order valence-corrected chi connectivity index (χ0v) is 8.99. The van der Waals surface area contributed by atoms with Crippen LogP contribution in [0.3, 0.4) is 0 Å². The third kappa shape index (κ3) is 3.04. The van der Waals surface area contributed by atoms with Gasteiger partial charge < -0.3 is 19.7 Å². The van der Waals surface area contributed by atoms with Gasteiger partial charge >= 0.3 is 11.9 Å². The van der Waals surface area contributed by atoms with E-state index in [1.54, 1.807) is 0 Å². The van der Waals surface area contributed by atoms with Crippen LogP contribution in [-0.4, -0.2) is 46.6 Å². The summed E-state index contributed by atoms with van der Waals surface area (Å²) in [4.78, 5) is 21.6. The van der Waals surface area contributed by atoms with Gasteiger partial charge in [-0.05, 0) is 6.08 Å². The summed E-state index contributed by atoms with van der Waals surface area (Å²) >= 11 is 0. The van der Waals surface area contributed by atoms with Crippen LogP contribution >= 0.6 is 0 Å². The molecule has 0 aromatic rings. The minimum absolute atomic E-state index is 0.560. The quantitative estimate of drug-likeness (QED) is 0.473. The van der Waals surface area contributed by atoms with E-state index >= 15 is 0 Å². The van der Waals surface area contributed by atoms with E-state index in [0.29, 0.717) is 0 Å². The van der Waals surface area contributed by atoms with Crippen LogP contribution in [0.1, 0.15) is 13.8 Å². The number of carbonyl (C=O) groups is 2. The van der Waals surface area contributed by atoms with E-state index in [0.717, 1.165) is 0 Å². The molecule has 1 rings (SSSR count). The Bertz CT molecular complexity index is 310. The molecule has 2 N–H and O–H groups in total. The lowest BCUT2D eigenvalue weighted by Gasteiger charge is -2.32. The van der Waals surface area contributed by atoms with Crippen molar-refractivity contribution in [2.75, 3.05) is 0 Å². The Kier molecular flexibility index (Phi) is 4.03. The summed E-state index contributed by atoms with van der Waals surface area (Å²) < 4.78 is 9.66. The van der Waals surface area contributed by atoms with Gasteiger partial charge in [0.1, 0.15) is 12.2 Å². The molecular formula is C10H14O6. The van der Waals surface area contributed by atoms with Crippen LogP contribution in [0.15, 0.2) is 12.2 Å². The highest BCUT2D eigenvalue weighted by atomic mass is 16.6. The van der Waals surface area contributed by atoms with Crippen molar-refractivity contribution in [2.45, 2.75) is 38.3 Å². The maximum Gasteiger partial charge on any atom is 0.303 e. The highest BCUT2D eigenvalue weighted by Crippen LogP contribution is 2.19. The van der Waals surface area contributed by atoms with Crippen molar-refractivity contribution in [3.8, 4) is 0 Å². The first kappa shape index (κ1) is 12.7. The van der Waals surface area contributed by atoms with Crippen molar-refractivity contribution in [2.24, 2.45) is 0 Å². The SMILES string of the molecule is CC(=O)O[C@H]1[C@H](O)[C@H](O)C=C[C@H]1OC(C)=O. The number of ether oxygens (including phenoxy) is 2. The molecule has 0 spiro atoms. The zero-order valence-electron chi connectivity index (χ0n) is 8.99. The fourth-order valence-corrected chi connectivity index (χ4v) is 1.46. The highest BCUT2D eigenvalue weighted by Gasteiger charge is 2.38. The predicted octanol–water partition coefficient (Wildman–Crippen LogP) is -0.859. The Morgan fingerprint density at radius 1 is 1.06 bits per heavy atom. The van der Waals surface area contributed by atoms with Crippen LogP contribution in [0.5, 0.6) is 0 Å². The van der Waals surface area contributed by atoms with Gasteiger partial charge in [-0.15, -0.1) is 0 Å². The molecule has 1 aliphatic rings. The molecule has 0 heterocycles. The molecule has 4 atom stereocenters. The van der Waals surface area contributed by atoms with E-state index in [1.807, 2.05) is 0 Å². The van der Waals surface area contributed by atoms with Crippen LogP contribution in [0.4, 0.5) is 0 Å². The van der Waals surface area contributed by atoms with Crippen molar-refractivity contribution in [1.82, 2.24) is 0 Å². The second-order valence-corrected chi connectivity index (χ2v) is 3.51. The third-order valence-electron chi connectivity index (χ3n) is 2.11. The molecule has 6 nitrogen and oxygen atoms in total. The highest BCUT2D eigenvalue weighted by molar-refractivity contribution is 5.67. The van der Waals surface area contributed by atoms with Crippen molar-refractivity contribution in [3.05, 3.63) is 12.2 Å². The summed E-state index contributed by atoms with van der Waals surface area (Å²) in [6.45, 7) is 2.37. The van der Waals surface area contributed by atoms with Crippen LogP contribution in [0, 0.1) is 0 Å². The number of aliphatic hydroxyl groups is 2. The lowest BCUT2D eigenvalue weighted by Crippen LogP contribution is -2.49. The molecule has 0 saturated carbocycles. The number of hydrogen-bond donors (Lipinski definition) is 2. The van der Waals surface area contributed by atoms with Gasteiger partial charge in [-0.1, -0.05) is 6.08 Å². The average molecular weight is 230 g/mol. The molecule has 1 aliphatic carbocycles. The molecule has 0 bridgehead atoms. The van der Waals surface area contributed by atoms with Gasteiger partial charge in [-0.3, -0.25) is 9.59 Å². The number of hydrogen-bond acceptors (Lipinski definition) is 6. The topological polar surface area (TPSA) is 93.1 Å². The van der Waals surface area contributed by atoms with Crippen LogP contribution < -0.4 is 0 Å². The van der Waals surface area contributed by atoms with E-state index in [9.17, 15) is 19.8 Å². The molecule has 0 amide bonds. The van der Waals surface area contributed by atoms with E-state index < -0.39 is 36.4 Å². The number of rotatable bonds is 2. The maximum absolute atomic E-state index is 10.8. The molecule has 0 aliphatic heterocycles. The number of aliphatic hydroxyl groups excluding tert-OH is 2. The van der Waals surface area contributed by atoms with Gasteiger partial charge in [0.05, 0.1) is 0 Å². The van der Waals surface area contributed by atoms with Crippen molar-refractivity contribution >= 4 is 11.9 Å². The van der Waals surface area contributed by atoms with E-state index in [1.165, 1.54) is 26.0 Å². The second-order valence-electron chi connectivity index (χ2n) is 3.51. The summed E-state index contributed by atoms with van der Waals surface area (Å²) in [5.41, 5.74) is 0. The predicted molar refractivity (Wildman–Crippen MR) is 52.3 cm³/mol. The van der Waals surface area contributed by atoms with E-state index in [2.05, 4.69) is 0 Å². The van der Waals surface area contributed by atoms with Crippen molar-refractivity contribution in [1.29, 1.82) is 0 Å². The number of carbonyl (C=O) groups excluding carboxylic acids is 2. The first-order valence-electron chi connectivity index (χ1n) is 4.80. The van der Waals surface area contributed by atoms with Gasteiger partial charge in [0.15, 0.2) is 12.2 Å². The number of esters is 2. The largest absolute Gasteiger partial charge is 0.455 e. The Morgan fingerprint density at radius 2 is 1.62 bits per heavy atom. The van der Waals surface area contributed by atoms with Crippen molar-refractivity contribution < 1.29 is 29.3 Å². The lowest BCUT2D eigenvalue weighted by atomic mass is 9.96. The summed E-state index contributed by atoms with van der Waals surface area (Å²) in [7, 11) is 0. The van der Waals surface area contributed by atoms with Crippen LogP contribution in [-0.2, 0) is 19.1 Å². The molecule has 0 radical (unpaired) electrons. The van der Waals surface area contributed by atoms with Gasteiger partial charge in [-0.25, -0.2) is 0 Å². The fraction of sp³-hybridized carbons (Fsp3) is 0.600. The third-order valence-corrected chi connectivity index (χ3v) is 2.11. The maximum atomic E-state index is 10.8. The standard InChI is InChI=1S/C10H14O6/c1-5(11)15-8-4-3-7(13)9(14)10(8)16-6(2)12/h3-4,7-10,13-14H,1-2H3/t7-,8-,9-,10-/m1/s1. The van der Waals surface area contributed by atoms with Crippen LogP contribution in [0.25, 0.3) is 0 Å². The molecule has 90 valence electrons. The average Bonchev–Trinajstić information content (AvgIpc) is 2.16. The fourth-order valence-electron chi connectivity index (χ4n) is 1.46. The van der Waals surface area contributed by atoms with Crippen molar-refractivity contribution in [3.63, 3.8) is 0 Å². The molecule has 16 heavy (non-hydrogen) atoms. The minimum Gasteiger partial charge on any atom is -0.455 e. The Balaban J connectivity index is 2.81. The zero-order chi connectivity index (χ0) is 12.3. The summed E-state index contributed by atoms with van der Waals surface area (Å²) in [5.74, 6) is -1.18. The van der Waals surface area contributed by atoms with Gasteiger partial charge in [0.2, 0.25) is 0 Å². The Morgan fingerprint density at radius 3 is 2.12 bits per heavy atom. The molecular weight excluding hydrogens is 216 g/mol. The molecule has 0 aromatic heterocycles. The van der Waals surface area contributed by atoms with E-state index in [-0.39, 0.29) is 0 Å². The van der Waals surface area contributed by atoms with Crippen LogP contribution in [0.2, 0.25) is 0 Å². The summed E-state index contributed by atoms with van der Waals surface area (Å²) in [6, 6.07) is 0. The summed E-state index contributed by atoms with van der Waals surface area (Å²) in [5, 5.41) is 18.9. The van der Waals surface area contributed by atoms with Gasteiger partial charge in [0, 0.05) is 13.8 Å². The molecule has 0 unspecified atom stereocenters. The smallest absolute Gasteiger partial charge is 0.303 e. The second kappa shape index (κ2) is 5.09. The summed E-state index contributed by atoms with van der Waals surface area (Å²) in [6.07, 6.45) is -1.74. The van der Waals surface area contributed by atoms with Gasteiger partial charge in [-0.2, -0.15) is 0 Å². The minimum atomic E-state index is -1.31. The monoisotopic (exact) mass is 230 g/mol. The lowest BCUT2D eigenvalue weighted by molar-refractivity contribution is -0.176. The Labute approximate surface area is 92.5 Å². The first-order chi connectivity index (χ1) is 7.41. The first-order valence-corrected chi connectivity index (χ1v) is 4.80. The van der Waals surface area contributed by atoms with E-state index in [4.69, 9.17) is 9.47 Å². The Hall–Kier alpha value is -1.40. The molecule has 6 heteroatoms. The molecule has 0 saturated heterocycles.